The number of rotatable bonds is 13. The molecule has 0 bridgehead atoms. The molecular weight excluding hydrogens is 409 g/mol. The molecule has 1 aromatic heterocycles. The van der Waals surface area contributed by atoms with Crippen molar-refractivity contribution in [2.24, 2.45) is 11.8 Å². The van der Waals surface area contributed by atoms with Crippen LogP contribution in [0.5, 0.6) is 0 Å². The summed E-state index contributed by atoms with van der Waals surface area (Å²) in [6, 6.07) is 13.7. The molecule has 7 heteroatoms. The van der Waals surface area contributed by atoms with Crippen molar-refractivity contribution in [2.75, 3.05) is 36.5 Å². The minimum absolute atomic E-state index is 0.233. The highest BCUT2D eigenvalue weighted by Crippen LogP contribution is 2.61. The molecule has 1 heterocycles. The number of hydrogen-bond donors (Lipinski definition) is 1. The van der Waals surface area contributed by atoms with Gasteiger partial charge in [0.2, 0.25) is 0 Å². The van der Waals surface area contributed by atoms with Crippen LogP contribution in [-0.2, 0) is 13.6 Å². The molecule has 0 aliphatic heterocycles. The Morgan fingerprint density at radius 1 is 0.935 bits per heavy atom. The number of hydrogen-bond acceptors (Lipinski definition) is 6. The predicted molar refractivity (Wildman–Crippen MR) is 130 cm³/mol. The SMILES string of the molecule is CCN(CC)c1ccc([C@H](Nc2ccccn2)P(=O)(OCC(C)C)OCC(C)C)cc1. The highest BCUT2D eigenvalue weighted by atomic mass is 31.2. The maximum absolute atomic E-state index is 14.1. The molecule has 6 nitrogen and oxygen atoms in total. The Bertz CT molecular complexity index is 793. The van der Waals surface area contributed by atoms with Crippen LogP contribution in [0.15, 0.2) is 48.7 Å². The zero-order valence-electron chi connectivity index (χ0n) is 19.7. The molecule has 0 spiro atoms. The molecule has 0 radical (unpaired) electrons. The second kappa shape index (κ2) is 12.2. The smallest absolute Gasteiger partial charge is 0.357 e. The van der Waals surface area contributed by atoms with Crippen LogP contribution in [0.1, 0.15) is 52.9 Å². The van der Waals surface area contributed by atoms with E-state index in [-0.39, 0.29) is 11.8 Å². The first kappa shape index (κ1) is 25.4. The molecule has 31 heavy (non-hydrogen) atoms. The van der Waals surface area contributed by atoms with E-state index in [0.717, 1.165) is 24.3 Å². The Morgan fingerprint density at radius 2 is 1.52 bits per heavy atom. The third-order valence-corrected chi connectivity index (χ3v) is 6.86. The largest absolute Gasteiger partial charge is 0.372 e. The zero-order chi connectivity index (χ0) is 22.9. The van der Waals surface area contributed by atoms with Gasteiger partial charge in [-0.05, 0) is 55.5 Å². The third-order valence-electron chi connectivity index (χ3n) is 4.78. The molecule has 1 atom stereocenters. The normalized spacial score (nSPS) is 12.9. The highest BCUT2D eigenvalue weighted by molar-refractivity contribution is 7.54. The van der Waals surface area contributed by atoms with Crippen LogP contribution >= 0.6 is 7.60 Å². The Morgan fingerprint density at radius 3 is 1.97 bits per heavy atom. The predicted octanol–water partition coefficient (Wildman–Crippen LogP) is 6.58. The Hall–Kier alpha value is -1.88. The summed E-state index contributed by atoms with van der Waals surface area (Å²) in [5, 5.41) is 3.32. The molecule has 2 aromatic rings. The van der Waals surface area contributed by atoms with Crippen LogP contribution in [-0.4, -0.2) is 31.3 Å². The van der Waals surface area contributed by atoms with E-state index >= 15 is 0 Å². The van der Waals surface area contributed by atoms with Gasteiger partial charge in [-0.3, -0.25) is 4.57 Å². The first-order chi connectivity index (χ1) is 14.8. The van der Waals surface area contributed by atoms with Crippen molar-refractivity contribution in [3.05, 3.63) is 54.2 Å². The average Bonchev–Trinajstić information content (AvgIpc) is 2.77. The highest BCUT2D eigenvalue weighted by Gasteiger charge is 2.38. The molecule has 0 aliphatic rings. The van der Waals surface area contributed by atoms with E-state index < -0.39 is 13.4 Å². The first-order valence-corrected chi connectivity index (χ1v) is 12.8. The quantitative estimate of drug-likeness (QED) is 0.350. The number of aromatic nitrogens is 1. The van der Waals surface area contributed by atoms with E-state index in [1.165, 1.54) is 0 Å². The van der Waals surface area contributed by atoms with Crippen molar-refractivity contribution in [2.45, 2.75) is 47.3 Å². The van der Waals surface area contributed by atoms with E-state index in [0.29, 0.717) is 19.0 Å². The van der Waals surface area contributed by atoms with Gasteiger partial charge < -0.3 is 19.3 Å². The fraction of sp³-hybridized carbons (Fsp3) is 0.542. The van der Waals surface area contributed by atoms with Crippen molar-refractivity contribution in [1.29, 1.82) is 0 Å². The van der Waals surface area contributed by atoms with Gasteiger partial charge in [0.05, 0.1) is 13.2 Å². The minimum Gasteiger partial charge on any atom is -0.372 e. The van der Waals surface area contributed by atoms with Crippen molar-refractivity contribution >= 4 is 19.1 Å². The van der Waals surface area contributed by atoms with Crippen LogP contribution < -0.4 is 10.2 Å². The van der Waals surface area contributed by atoms with E-state index in [1.54, 1.807) is 6.20 Å². The van der Waals surface area contributed by atoms with Crippen LogP contribution in [0.3, 0.4) is 0 Å². The van der Waals surface area contributed by atoms with E-state index in [4.69, 9.17) is 9.05 Å². The third kappa shape index (κ3) is 7.64. The molecule has 2 rings (SSSR count). The maximum Gasteiger partial charge on any atom is 0.357 e. The van der Waals surface area contributed by atoms with Gasteiger partial charge in [-0.25, -0.2) is 4.98 Å². The maximum atomic E-state index is 14.1. The van der Waals surface area contributed by atoms with Gasteiger partial charge in [0.15, 0.2) is 5.78 Å². The number of benzene rings is 1. The van der Waals surface area contributed by atoms with Gasteiger partial charge in [-0.1, -0.05) is 45.9 Å². The molecular formula is C24H38N3O3P. The summed E-state index contributed by atoms with van der Waals surface area (Å²) in [5.74, 6) is 0.431. The van der Waals surface area contributed by atoms with Crippen molar-refractivity contribution in [1.82, 2.24) is 4.98 Å². The molecule has 1 N–H and O–H groups in total. The van der Waals surface area contributed by atoms with Crippen molar-refractivity contribution in [3.8, 4) is 0 Å². The van der Waals surface area contributed by atoms with Gasteiger partial charge in [0, 0.05) is 25.0 Å². The molecule has 0 aliphatic carbocycles. The minimum atomic E-state index is -3.54. The van der Waals surface area contributed by atoms with E-state index in [9.17, 15) is 4.57 Å². The summed E-state index contributed by atoms with van der Waals surface area (Å²) in [6.45, 7) is 15.0. The Labute approximate surface area is 187 Å². The van der Waals surface area contributed by atoms with E-state index in [1.807, 2.05) is 58.0 Å². The number of pyridine rings is 1. The molecule has 0 amide bonds. The van der Waals surface area contributed by atoms with Crippen LogP contribution in [0.2, 0.25) is 0 Å². The van der Waals surface area contributed by atoms with Crippen LogP contribution in [0.25, 0.3) is 0 Å². The van der Waals surface area contributed by atoms with Crippen molar-refractivity contribution < 1.29 is 13.6 Å². The molecule has 0 unspecified atom stereocenters. The lowest BCUT2D eigenvalue weighted by Crippen LogP contribution is -2.22. The fourth-order valence-electron chi connectivity index (χ4n) is 3.08. The Balaban J connectivity index is 2.44. The molecule has 1 aromatic carbocycles. The van der Waals surface area contributed by atoms with Gasteiger partial charge in [0.1, 0.15) is 5.82 Å². The van der Waals surface area contributed by atoms with Gasteiger partial charge in [0.25, 0.3) is 0 Å². The second-order valence-corrected chi connectivity index (χ2v) is 10.6. The lowest BCUT2D eigenvalue weighted by atomic mass is 10.2. The monoisotopic (exact) mass is 447 g/mol. The van der Waals surface area contributed by atoms with E-state index in [2.05, 4.69) is 41.2 Å². The van der Waals surface area contributed by atoms with Gasteiger partial charge in [-0.15, -0.1) is 0 Å². The van der Waals surface area contributed by atoms with Gasteiger partial charge in [-0.2, -0.15) is 0 Å². The average molecular weight is 448 g/mol. The summed E-state index contributed by atoms with van der Waals surface area (Å²) in [5.41, 5.74) is 1.98. The fourth-order valence-corrected chi connectivity index (χ4v) is 5.29. The summed E-state index contributed by atoms with van der Waals surface area (Å²) in [7, 11) is -3.54. The summed E-state index contributed by atoms with van der Waals surface area (Å²) in [4.78, 5) is 6.64. The molecule has 0 saturated heterocycles. The Kier molecular flexibility index (Phi) is 10.0. The lowest BCUT2D eigenvalue weighted by molar-refractivity contribution is 0.168. The summed E-state index contributed by atoms with van der Waals surface area (Å²) < 4.78 is 26.1. The summed E-state index contributed by atoms with van der Waals surface area (Å²) in [6.07, 6.45) is 1.71. The number of nitrogens with zero attached hydrogens (tertiary/aromatic N) is 2. The standard InChI is InChI=1S/C24H38N3O3P/c1-7-27(8-2)22-14-12-21(13-15-22)24(26-23-11-9-10-16-25-23)31(28,29-17-19(3)4)30-18-20(5)6/h9-16,19-20,24H,7-8,17-18H2,1-6H3,(H,25,26)/t24-/m1/s1. The lowest BCUT2D eigenvalue weighted by Gasteiger charge is -2.30. The molecule has 0 fully saturated rings. The zero-order valence-corrected chi connectivity index (χ0v) is 20.6. The van der Waals surface area contributed by atoms with Crippen molar-refractivity contribution in [3.63, 3.8) is 0 Å². The number of anilines is 2. The number of nitrogens with one attached hydrogen (secondary N) is 1. The first-order valence-electron chi connectivity index (χ1n) is 11.2. The second-order valence-electron chi connectivity index (χ2n) is 8.44. The topological polar surface area (TPSA) is 63.7 Å². The van der Waals surface area contributed by atoms with Crippen LogP contribution in [0, 0.1) is 11.8 Å². The van der Waals surface area contributed by atoms with Crippen LogP contribution in [0.4, 0.5) is 11.5 Å². The summed E-state index contributed by atoms with van der Waals surface area (Å²) >= 11 is 0. The van der Waals surface area contributed by atoms with Gasteiger partial charge >= 0.3 is 7.60 Å². The molecule has 0 saturated carbocycles. The molecule has 172 valence electrons.